The van der Waals surface area contributed by atoms with Crippen molar-refractivity contribution in [2.75, 3.05) is 16.8 Å². The Labute approximate surface area is 182 Å². The lowest BCUT2D eigenvalue weighted by Gasteiger charge is -2.16. The Morgan fingerprint density at radius 3 is 2.34 bits per heavy atom. The van der Waals surface area contributed by atoms with Crippen molar-refractivity contribution in [1.29, 1.82) is 0 Å². The van der Waals surface area contributed by atoms with E-state index in [0.717, 1.165) is 11.3 Å². The largest absolute Gasteiger partial charge is 0.462 e. The van der Waals surface area contributed by atoms with E-state index in [9.17, 15) is 14.4 Å². The Hall–Kier alpha value is -2.54. The Balaban J connectivity index is 1.80. The minimum absolute atomic E-state index is 0.0935. The van der Waals surface area contributed by atoms with Crippen LogP contribution >= 0.6 is 34.8 Å². The summed E-state index contributed by atoms with van der Waals surface area (Å²) in [5.74, 6) is -1.80. The average molecular weight is 454 g/mol. The van der Waals surface area contributed by atoms with Crippen LogP contribution in [0.4, 0.5) is 11.4 Å². The van der Waals surface area contributed by atoms with Crippen LogP contribution < -0.4 is 10.2 Å². The molecule has 0 aromatic heterocycles. The van der Waals surface area contributed by atoms with Crippen LogP contribution in [0.25, 0.3) is 0 Å². The highest BCUT2D eigenvalue weighted by molar-refractivity contribution is 6.53. The lowest BCUT2D eigenvalue weighted by Crippen LogP contribution is -2.32. The van der Waals surface area contributed by atoms with Crippen LogP contribution in [0.3, 0.4) is 0 Å². The number of hydrogen-bond acceptors (Lipinski definition) is 5. The minimum atomic E-state index is -0.705. The van der Waals surface area contributed by atoms with Gasteiger partial charge in [-0.15, -0.1) is 0 Å². The molecule has 0 fully saturated rings. The van der Waals surface area contributed by atoms with Crippen LogP contribution in [-0.2, 0) is 14.3 Å². The minimum Gasteiger partial charge on any atom is -0.462 e. The highest BCUT2D eigenvalue weighted by Gasteiger charge is 2.39. The van der Waals surface area contributed by atoms with Crippen molar-refractivity contribution in [2.24, 2.45) is 0 Å². The van der Waals surface area contributed by atoms with Gasteiger partial charge in [0.1, 0.15) is 10.7 Å². The van der Waals surface area contributed by atoms with E-state index in [0.29, 0.717) is 22.9 Å². The molecule has 6 nitrogen and oxygen atoms in total. The fraction of sp³-hybridized carbons (Fsp3) is 0.150. The second kappa shape index (κ2) is 8.86. The summed E-state index contributed by atoms with van der Waals surface area (Å²) >= 11 is 18.1. The van der Waals surface area contributed by atoms with Gasteiger partial charge in [-0.1, -0.05) is 41.7 Å². The third-order valence-electron chi connectivity index (χ3n) is 4.01. The molecule has 9 heteroatoms. The molecule has 1 aliphatic heterocycles. The number of benzene rings is 2. The van der Waals surface area contributed by atoms with E-state index >= 15 is 0 Å². The van der Waals surface area contributed by atoms with E-state index in [-0.39, 0.29) is 21.4 Å². The smallest absolute Gasteiger partial charge is 0.338 e. The van der Waals surface area contributed by atoms with E-state index in [1.54, 1.807) is 24.3 Å². The number of ether oxygens (including phenoxy) is 1. The number of nitrogens with one attached hydrogen (secondary N) is 1. The van der Waals surface area contributed by atoms with E-state index in [2.05, 4.69) is 5.32 Å². The zero-order valence-electron chi connectivity index (χ0n) is 15.2. The van der Waals surface area contributed by atoms with Gasteiger partial charge in [0.2, 0.25) is 0 Å². The van der Waals surface area contributed by atoms with Crippen LogP contribution in [0, 0.1) is 0 Å². The van der Waals surface area contributed by atoms with Gasteiger partial charge in [-0.3, -0.25) is 9.59 Å². The Bertz CT molecular complexity index is 1020. The lowest BCUT2D eigenvalue weighted by molar-refractivity contribution is -0.120. The van der Waals surface area contributed by atoms with Crippen LogP contribution in [0.1, 0.15) is 23.7 Å². The summed E-state index contributed by atoms with van der Waals surface area (Å²) < 4.78 is 5.06. The van der Waals surface area contributed by atoms with Crippen LogP contribution in [0.2, 0.25) is 10.0 Å². The van der Waals surface area contributed by atoms with Crippen molar-refractivity contribution in [1.82, 2.24) is 0 Å². The number of rotatable bonds is 6. The van der Waals surface area contributed by atoms with E-state index in [1.165, 1.54) is 18.2 Å². The molecule has 0 atom stereocenters. The average Bonchev–Trinajstić information content (AvgIpc) is 2.90. The lowest BCUT2D eigenvalue weighted by atomic mass is 10.2. The normalized spacial score (nSPS) is 13.9. The molecule has 0 spiro atoms. The molecule has 1 aliphatic rings. The first-order valence-corrected chi connectivity index (χ1v) is 9.74. The quantitative estimate of drug-likeness (QED) is 0.492. The van der Waals surface area contributed by atoms with Crippen molar-refractivity contribution < 1.29 is 19.1 Å². The van der Waals surface area contributed by atoms with Crippen molar-refractivity contribution in [3.63, 3.8) is 0 Å². The summed E-state index contributed by atoms with van der Waals surface area (Å²) in [6.45, 7) is 2.24. The molecular formula is C20H15Cl3N2O4. The SMILES string of the molecule is CCCOC(=O)c1ccc(NC2=C(Cl)C(=O)N(c3ccc(Cl)cc3Cl)C2=O)cc1. The summed E-state index contributed by atoms with van der Waals surface area (Å²) in [4.78, 5) is 38.1. The molecule has 2 amide bonds. The summed E-state index contributed by atoms with van der Waals surface area (Å²) in [5, 5.41) is 3.06. The van der Waals surface area contributed by atoms with Gasteiger partial charge in [-0.2, -0.15) is 0 Å². The van der Waals surface area contributed by atoms with Gasteiger partial charge in [0.15, 0.2) is 0 Å². The topological polar surface area (TPSA) is 75.7 Å². The Morgan fingerprint density at radius 1 is 1.03 bits per heavy atom. The van der Waals surface area contributed by atoms with Gasteiger partial charge in [0, 0.05) is 10.7 Å². The Kier molecular flexibility index (Phi) is 6.47. The van der Waals surface area contributed by atoms with E-state index < -0.39 is 17.8 Å². The first kappa shape index (κ1) is 21.2. The van der Waals surface area contributed by atoms with Crippen molar-refractivity contribution >= 4 is 64.0 Å². The number of amides is 2. The molecule has 0 radical (unpaired) electrons. The second-order valence-corrected chi connectivity index (χ2v) is 7.29. The van der Waals surface area contributed by atoms with Gasteiger partial charge >= 0.3 is 5.97 Å². The highest BCUT2D eigenvalue weighted by Crippen LogP contribution is 2.35. The first-order chi connectivity index (χ1) is 13.8. The molecule has 2 aromatic rings. The van der Waals surface area contributed by atoms with Gasteiger partial charge in [-0.05, 0) is 48.9 Å². The zero-order valence-corrected chi connectivity index (χ0v) is 17.4. The number of hydrogen-bond donors (Lipinski definition) is 1. The molecule has 29 heavy (non-hydrogen) atoms. The summed E-state index contributed by atoms with van der Waals surface area (Å²) in [6.07, 6.45) is 0.725. The number of carbonyl (C=O) groups is 3. The molecule has 0 unspecified atom stereocenters. The summed E-state index contributed by atoms with van der Waals surface area (Å²) in [7, 11) is 0. The Morgan fingerprint density at radius 2 is 1.72 bits per heavy atom. The van der Waals surface area contributed by atoms with Gasteiger partial charge < -0.3 is 10.1 Å². The number of imide groups is 1. The predicted molar refractivity (Wildman–Crippen MR) is 112 cm³/mol. The summed E-state index contributed by atoms with van der Waals surface area (Å²) in [5.41, 5.74) is 0.918. The van der Waals surface area contributed by atoms with Crippen LogP contribution in [-0.4, -0.2) is 24.4 Å². The molecular weight excluding hydrogens is 439 g/mol. The molecule has 0 bridgehead atoms. The monoisotopic (exact) mass is 452 g/mol. The third-order valence-corrected chi connectivity index (χ3v) is 4.89. The molecule has 1 heterocycles. The molecule has 1 N–H and O–H groups in total. The molecule has 3 rings (SSSR count). The number of anilines is 2. The first-order valence-electron chi connectivity index (χ1n) is 8.61. The number of nitrogens with zero attached hydrogens (tertiary/aromatic N) is 1. The van der Waals surface area contributed by atoms with Crippen molar-refractivity contribution in [2.45, 2.75) is 13.3 Å². The highest BCUT2D eigenvalue weighted by atomic mass is 35.5. The zero-order chi connectivity index (χ0) is 21.1. The van der Waals surface area contributed by atoms with Gasteiger partial charge in [-0.25, -0.2) is 9.69 Å². The third kappa shape index (κ3) is 4.40. The summed E-state index contributed by atoms with van der Waals surface area (Å²) in [6, 6.07) is 10.6. The van der Waals surface area contributed by atoms with Crippen LogP contribution in [0.5, 0.6) is 0 Å². The van der Waals surface area contributed by atoms with Crippen molar-refractivity contribution in [3.8, 4) is 0 Å². The molecule has 0 saturated heterocycles. The maximum Gasteiger partial charge on any atom is 0.338 e. The number of esters is 1. The molecule has 2 aromatic carbocycles. The van der Waals surface area contributed by atoms with E-state index in [4.69, 9.17) is 39.5 Å². The number of halogens is 3. The van der Waals surface area contributed by atoms with Gasteiger partial charge in [0.25, 0.3) is 11.8 Å². The maximum atomic E-state index is 12.8. The fourth-order valence-electron chi connectivity index (χ4n) is 2.60. The molecule has 0 saturated carbocycles. The molecule has 0 aliphatic carbocycles. The standard InChI is InChI=1S/C20H15Cl3N2O4/c1-2-9-29-20(28)11-3-6-13(7-4-11)24-17-16(23)18(26)25(19(17)27)15-8-5-12(21)10-14(15)22/h3-8,10,24H,2,9H2,1H3. The predicted octanol–water partition coefficient (Wildman–Crippen LogP) is 5.00. The van der Waals surface area contributed by atoms with Crippen LogP contribution in [0.15, 0.2) is 53.2 Å². The molecule has 150 valence electrons. The number of carbonyl (C=O) groups excluding carboxylic acids is 3. The second-order valence-electron chi connectivity index (χ2n) is 6.07. The van der Waals surface area contributed by atoms with E-state index in [1.807, 2.05) is 6.92 Å². The fourth-order valence-corrected chi connectivity index (χ4v) is 3.31. The van der Waals surface area contributed by atoms with Gasteiger partial charge in [0.05, 0.1) is 22.9 Å². The maximum absolute atomic E-state index is 12.8. The van der Waals surface area contributed by atoms with Crippen molar-refractivity contribution in [3.05, 3.63) is 68.8 Å².